The van der Waals surface area contributed by atoms with Crippen molar-refractivity contribution in [2.75, 3.05) is 5.32 Å². The lowest BCUT2D eigenvalue weighted by molar-refractivity contribution is 0.0751. The molecule has 3 N–H and O–H groups in total. The van der Waals surface area contributed by atoms with Gasteiger partial charge < -0.3 is 11.1 Å². The Morgan fingerprint density at radius 1 is 1.03 bits per heavy atom. The fourth-order valence-corrected chi connectivity index (χ4v) is 6.14. The molecule has 2 fully saturated rings. The second-order valence-corrected chi connectivity index (χ2v) is 11.1. The van der Waals surface area contributed by atoms with Crippen molar-refractivity contribution in [1.82, 2.24) is 15.0 Å². The Kier molecular flexibility index (Phi) is 7.47. The molecule has 7 heteroatoms. The Hall–Kier alpha value is -2.02. The van der Waals surface area contributed by atoms with Crippen LogP contribution in [0.5, 0.6) is 0 Å². The Labute approximate surface area is 215 Å². The van der Waals surface area contributed by atoms with Gasteiger partial charge in [-0.1, -0.05) is 17.7 Å². The van der Waals surface area contributed by atoms with Crippen molar-refractivity contribution in [3.63, 3.8) is 0 Å². The number of rotatable bonds is 7. The lowest BCUT2D eigenvalue weighted by atomic mass is 9.62. The second-order valence-electron chi connectivity index (χ2n) is 9.81. The van der Waals surface area contributed by atoms with E-state index < -0.39 is 0 Å². The first-order valence-electron chi connectivity index (χ1n) is 12.3. The van der Waals surface area contributed by atoms with Crippen LogP contribution in [0.3, 0.4) is 0 Å². The molecule has 2 unspecified atom stereocenters. The van der Waals surface area contributed by atoms with Gasteiger partial charge in [-0.15, -0.1) is 0 Å². The van der Waals surface area contributed by atoms with Crippen LogP contribution in [0.1, 0.15) is 49.8 Å². The molecule has 0 radical (unpaired) electrons. The molecule has 5 rings (SSSR count). The Morgan fingerprint density at radius 2 is 1.88 bits per heavy atom. The first kappa shape index (κ1) is 23.7. The highest BCUT2D eigenvalue weighted by molar-refractivity contribution is 9.10. The Morgan fingerprint density at radius 3 is 2.65 bits per heavy atom. The standard InChI is InChI=1S/C27H31BrClN5/c28-20-10-17(13-31-15-20)14-33-27-3-1-2-26(34-27)24-12-22(32-16-25(24)29)11-19-6-9-23(19)18-4-7-21(30)8-5-18/h1-3,10,12-13,15-16,18-19,21,23H,4-9,11,14,30H2,(H,33,34). The van der Waals surface area contributed by atoms with Crippen molar-refractivity contribution in [1.29, 1.82) is 0 Å². The monoisotopic (exact) mass is 539 g/mol. The minimum Gasteiger partial charge on any atom is -0.366 e. The van der Waals surface area contributed by atoms with Gasteiger partial charge in [0.2, 0.25) is 0 Å². The lowest BCUT2D eigenvalue weighted by Crippen LogP contribution is -2.38. The summed E-state index contributed by atoms with van der Waals surface area (Å²) in [6.45, 7) is 0.646. The van der Waals surface area contributed by atoms with E-state index in [9.17, 15) is 0 Å². The number of aromatic nitrogens is 3. The fraction of sp³-hybridized carbons (Fsp3) is 0.444. The summed E-state index contributed by atoms with van der Waals surface area (Å²) in [4.78, 5) is 13.7. The molecular weight excluding hydrogens is 510 g/mol. The summed E-state index contributed by atoms with van der Waals surface area (Å²) in [5.41, 5.74) is 10.1. The van der Waals surface area contributed by atoms with Gasteiger partial charge in [0.1, 0.15) is 5.82 Å². The Balaban J connectivity index is 1.27. The van der Waals surface area contributed by atoms with E-state index in [0.29, 0.717) is 17.6 Å². The van der Waals surface area contributed by atoms with Crippen molar-refractivity contribution in [2.45, 2.75) is 57.5 Å². The van der Waals surface area contributed by atoms with E-state index in [-0.39, 0.29) is 0 Å². The number of anilines is 1. The quantitative estimate of drug-likeness (QED) is 0.351. The van der Waals surface area contributed by atoms with Crippen LogP contribution in [0.25, 0.3) is 11.3 Å². The number of hydrogen-bond acceptors (Lipinski definition) is 5. The summed E-state index contributed by atoms with van der Waals surface area (Å²) in [5.74, 6) is 3.20. The zero-order chi connectivity index (χ0) is 23.5. The van der Waals surface area contributed by atoms with Crippen molar-refractivity contribution < 1.29 is 0 Å². The summed E-state index contributed by atoms with van der Waals surface area (Å²) < 4.78 is 0.963. The van der Waals surface area contributed by atoms with Crippen molar-refractivity contribution >= 4 is 33.3 Å². The molecule has 0 aliphatic heterocycles. The van der Waals surface area contributed by atoms with Gasteiger partial charge in [-0.3, -0.25) is 9.97 Å². The summed E-state index contributed by atoms with van der Waals surface area (Å²) in [7, 11) is 0. The van der Waals surface area contributed by atoms with E-state index >= 15 is 0 Å². The smallest absolute Gasteiger partial charge is 0.126 e. The van der Waals surface area contributed by atoms with Crippen LogP contribution in [0.4, 0.5) is 5.82 Å². The van der Waals surface area contributed by atoms with E-state index in [1.165, 1.54) is 38.5 Å². The molecule has 2 saturated carbocycles. The van der Waals surface area contributed by atoms with Gasteiger partial charge in [0.05, 0.1) is 10.7 Å². The second kappa shape index (κ2) is 10.7. The number of nitrogens with two attached hydrogens (primary N) is 1. The highest BCUT2D eigenvalue weighted by atomic mass is 79.9. The number of nitrogens with zero attached hydrogens (tertiary/aromatic N) is 3. The summed E-state index contributed by atoms with van der Waals surface area (Å²) >= 11 is 10.0. The van der Waals surface area contributed by atoms with Gasteiger partial charge in [-0.25, -0.2) is 4.98 Å². The first-order chi connectivity index (χ1) is 16.5. The molecule has 178 valence electrons. The SMILES string of the molecule is NC1CCC(C2CCC2Cc2cc(-c3cccc(NCc4cncc(Br)c4)n3)c(Cl)cn2)CC1. The predicted octanol–water partition coefficient (Wildman–Crippen LogP) is 6.65. The lowest BCUT2D eigenvalue weighted by Gasteiger charge is -2.44. The maximum Gasteiger partial charge on any atom is 0.126 e. The van der Waals surface area contributed by atoms with Crippen molar-refractivity contribution in [3.05, 3.63) is 69.7 Å². The van der Waals surface area contributed by atoms with Gasteiger partial charge in [0.15, 0.2) is 0 Å². The first-order valence-corrected chi connectivity index (χ1v) is 13.4. The van der Waals surface area contributed by atoms with Gasteiger partial charge in [-0.2, -0.15) is 0 Å². The third-order valence-electron chi connectivity index (χ3n) is 7.54. The molecule has 2 aliphatic carbocycles. The topological polar surface area (TPSA) is 76.7 Å². The van der Waals surface area contributed by atoms with Crippen LogP contribution in [0, 0.1) is 17.8 Å². The Bertz CT molecular complexity index is 1130. The van der Waals surface area contributed by atoms with Crippen LogP contribution in [0.2, 0.25) is 5.02 Å². The van der Waals surface area contributed by atoms with Gasteiger partial charge in [-0.05, 0) is 108 Å². The number of hydrogen-bond donors (Lipinski definition) is 2. The number of pyridine rings is 3. The molecule has 5 nitrogen and oxygen atoms in total. The fourth-order valence-electron chi connectivity index (χ4n) is 5.53. The summed E-state index contributed by atoms with van der Waals surface area (Å²) in [6, 6.07) is 10.6. The molecule has 0 amide bonds. The maximum absolute atomic E-state index is 6.57. The van der Waals surface area contributed by atoms with E-state index in [2.05, 4.69) is 37.3 Å². The number of halogens is 2. The van der Waals surface area contributed by atoms with Gasteiger partial charge in [0, 0.05) is 46.9 Å². The average molecular weight is 541 g/mol. The van der Waals surface area contributed by atoms with E-state index in [0.717, 1.165) is 57.0 Å². The van der Waals surface area contributed by atoms with Gasteiger partial charge in [0.25, 0.3) is 0 Å². The van der Waals surface area contributed by atoms with E-state index in [4.69, 9.17) is 22.3 Å². The third kappa shape index (κ3) is 5.61. The zero-order valence-corrected chi connectivity index (χ0v) is 21.6. The molecule has 0 saturated heterocycles. The number of nitrogens with one attached hydrogen (secondary N) is 1. The zero-order valence-electron chi connectivity index (χ0n) is 19.3. The normalized spacial score (nSPS) is 24.4. The molecule has 3 aromatic rings. The van der Waals surface area contributed by atoms with Crippen LogP contribution >= 0.6 is 27.5 Å². The molecule has 34 heavy (non-hydrogen) atoms. The highest BCUT2D eigenvalue weighted by Gasteiger charge is 2.38. The third-order valence-corrected chi connectivity index (χ3v) is 8.28. The molecule has 3 aromatic heterocycles. The van der Waals surface area contributed by atoms with Gasteiger partial charge >= 0.3 is 0 Å². The van der Waals surface area contributed by atoms with Crippen LogP contribution in [-0.4, -0.2) is 21.0 Å². The molecule has 0 bridgehead atoms. The molecule has 2 aliphatic rings. The van der Waals surface area contributed by atoms with Crippen molar-refractivity contribution in [2.24, 2.45) is 23.5 Å². The summed E-state index contributed by atoms with van der Waals surface area (Å²) in [5, 5.41) is 4.02. The molecule has 2 atom stereocenters. The summed E-state index contributed by atoms with van der Waals surface area (Å²) in [6.07, 6.45) is 14.0. The molecular formula is C27H31BrClN5. The predicted molar refractivity (Wildman–Crippen MR) is 142 cm³/mol. The van der Waals surface area contributed by atoms with Crippen molar-refractivity contribution in [3.8, 4) is 11.3 Å². The largest absolute Gasteiger partial charge is 0.366 e. The highest BCUT2D eigenvalue weighted by Crippen LogP contribution is 2.46. The molecule has 0 spiro atoms. The van der Waals surface area contributed by atoms with Crippen LogP contribution in [-0.2, 0) is 13.0 Å². The maximum atomic E-state index is 6.57. The molecule has 3 heterocycles. The molecule has 0 aromatic carbocycles. The average Bonchev–Trinajstić information content (AvgIpc) is 2.83. The minimum absolute atomic E-state index is 0.416. The van der Waals surface area contributed by atoms with Crippen LogP contribution < -0.4 is 11.1 Å². The van der Waals surface area contributed by atoms with E-state index in [1.54, 1.807) is 12.4 Å². The van der Waals surface area contributed by atoms with E-state index in [1.807, 2.05) is 30.5 Å². The van der Waals surface area contributed by atoms with Crippen LogP contribution in [0.15, 0.2) is 53.4 Å². The minimum atomic E-state index is 0.416.